The van der Waals surface area contributed by atoms with Crippen molar-refractivity contribution in [1.82, 2.24) is 0 Å². The molecular formula is C17H16N2O. The van der Waals surface area contributed by atoms with E-state index in [1.807, 2.05) is 12.1 Å². The third-order valence-corrected chi connectivity index (χ3v) is 3.94. The minimum Gasteiger partial charge on any atom is -0.367 e. The SMILES string of the molecule is c1ccc([C@@H]2OC[C@@H]3CN(c4ccccc4)N=C32)cc1. The lowest BCUT2D eigenvalue weighted by molar-refractivity contribution is 0.121. The molecule has 0 amide bonds. The second-order valence-electron chi connectivity index (χ2n) is 5.26. The first-order chi connectivity index (χ1) is 9.92. The van der Waals surface area contributed by atoms with Crippen LogP contribution in [0.4, 0.5) is 5.69 Å². The molecule has 0 spiro atoms. The zero-order valence-electron chi connectivity index (χ0n) is 11.1. The first kappa shape index (κ1) is 11.7. The molecule has 4 rings (SSSR count). The third-order valence-electron chi connectivity index (χ3n) is 3.94. The van der Waals surface area contributed by atoms with E-state index in [9.17, 15) is 0 Å². The van der Waals surface area contributed by atoms with Gasteiger partial charge >= 0.3 is 0 Å². The highest BCUT2D eigenvalue weighted by Gasteiger charge is 2.39. The first-order valence-corrected chi connectivity index (χ1v) is 6.99. The van der Waals surface area contributed by atoms with E-state index >= 15 is 0 Å². The van der Waals surface area contributed by atoms with Gasteiger partial charge in [-0.25, -0.2) is 0 Å². The quantitative estimate of drug-likeness (QED) is 0.831. The molecule has 0 N–H and O–H groups in total. The average Bonchev–Trinajstić information content (AvgIpc) is 3.09. The van der Waals surface area contributed by atoms with Crippen molar-refractivity contribution in [3.63, 3.8) is 0 Å². The monoisotopic (exact) mass is 264 g/mol. The van der Waals surface area contributed by atoms with Crippen LogP contribution >= 0.6 is 0 Å². The smallest absolute Gasteiger partial charge is 0.123 e. The third kappa shape index (κ3) is 1.91. The van der Waals surface area contributed by atoms with E-state index in [-0.39, 0.29) is 6.10 Å². The molecule has 0 saturated carbocycles. The number of hydrogen-bond donors (Lipinski definition) is 0. The number of ether oxygens (including phenoxy) is 1. The van der Waals surface area contributed by atoms with Gasteiger partial charge < -0.3 is 4.74 Å². The summed E-state index contributed by atoms with van der Waals surface area (Å²) >= 11 is 0. The van der Waals surface area contributed by atoms with Crippen LogP contribution in [-0.2, 0) is 4.74 Å². The Hall–Kier alpha value is -2.13. The Kier molecular flexibility index (Phi) is 2.78. The lowest BCUT2D eigenvalue weighted by Gasteiger charge is -2.16. The second-order valence-corrected chi connectivity index (χ2v) is 5.26. The van der Waals surface area contributed by atoms with E-state index in [1.54, 1.807) is 0 Å². The number of para-hydroxylation sites is 1. The Morgan fingerprint density at radius 2 is 1.65 bits per heavy atom. The zero-order chi connectivity index (χ0) is 13.4. The van der Waals surface area contributed by atoms with Crippen molar-refractivity contribution in [2.24, 2.45) is 11.0 Å². The first-order valence-electron chi connectivity index (χ1n) is 6.99. The van der Waals surface area contributed by atoms with Crippen molar-refractivity contribution < 1.29 is 4.74 Å². The minimum atomic E-state index is 0.0231. The van der Waals surface area contributed by atoms with Crippen molar-refractivity contribution in [3.8, 4) is 0 Å². The van der Waals surface area contributed by atoms with Crippen molar-refractivity contribution in [3.05, 3.63) is 66.2 Å². The summed E-state index contributed by atoms with van der Waals surface area (Å²) in [6.07, 6.45) is 0.0231. The molecule has 2 heterocycles. The summed E-state index contributed by atoms with van der Waals surface area (Å²) in [6, 6.07) is 20.7. The fraction of sp³-hybridized carbons (Fsp3) is 0.235. The molecular weight excluding hydrogens is 248 g/mol. The van der Waals surface area contributed by atoms with E-state index in [0.717, 1.165) is 18.8 Å². The molecule has 2 aromatic carbocycles. The molecule has 1 saturated heterocycles. The van der Waals surface area contributed by atoms with Crippen LogP contribution in [0.3, 0.4) is 0 Å². The van der Waals surface area contributed by atoms with E-state index in [0.29, 0.717) is 5.92 Å². The average molecular weight is 264 g/mol. The van der Waals surface area contributed by atoms with Crippen LogP contribution in [0.5, 0.6) is 0 Å². The molecule has 100 valence electrons. The summed E-state index contributed by atoms with van der Waals surface area (Å²) in [5.41, 5.74) is 3.52. The van der Waals surface area contributed by atoms with Crippen LogP contribution in [-0.4, -0.2) is 18.9 Å². The van der Waals surface area contributed by atoms with Crippen LogP contribution < -0.4 is 5.01 Å². The van der Waals surface area contributed by atoms with E-state index < -0.39 is 0 Å². The maximum absolute atomic E-state index is 5.93. The molecule has 1 fully saturated rings. The van der Waals surface area contributed by atoms with Gasteiger partial charge in [0.2, 0.25) is 0 Å². The van der Waals surface area contributed by atoms with Gasteiger partial charge in [-0.3, -0.25) is 5.01 Å². The van der Waals surface area contributed by atoms with Crippen molar-refractivity contribution in [2.45, 2.75) is 6.10 Å². The number of nitrogens with zero attached hydrogens (tertiary/aromatic N) is 2. The molecule has 3 heteroatoms. The molecule has 3 nitrogen and oxygen atoms in total. The summed E-state index contributed by atoms with van der Waals surface area (Å²) in [7, 11) is 0. The molecule has 0 radical (unpaired) electrons. The Balaban J connectivity index is 1.65. The lowest BCUT2D eigenvalue weighted by atomic mass is 9.99. The number of hydrazone groups is 1. The number of rotatable bonds is 2. The topological polar surface area (TPSA) is 24.8 Å². The number of benzene rings is 2. The number of anilines is 1. The number of hydrogen-bond acceptors (Lipinski definition) is 3. The summed E-state index contributed by atoms with van der Waals surface area (Å²) in [6.45, 7) is 1.68. The van der Waals surface area contributed by atoms with Gasteiger partial charge in [-0.1, -0.05) is 48.5 Å². The number of fused-ring (bicyclic) bond motifs is 1. The molecule has 0 unspecified atom stereocenters. The Morgan fingerprint density at radius 3 is 2.40 bits per heavy atom. The van der Waals surface area contributed by atoms with Crippen LogP contribution in [0.1, 0.15) is 11.7 Å². The van der Waals surface area contributed by atoms with Crippen LogP contribution in [0, 0.1) is 5.92 Å². The highest BCUT2D eigenvalue weighted by Crippen LogP contribution is 2.35. The Bertz CT molecular complexity index is 624. The molecule has 20 heavy (non-hydrogen) atoms. The normalized spacial score (nSPS) is 24.6. The van der Waals surface area contributed by atoms with Crippen LogP contribution in [0.25, 0.3) is 0 Å². The van der Waals surface area contributed by atoms with E-state index in [1.165, 1.54) is 11.3 Å². The lowest BCUT2D eigenvalue weighted by Crippen LogP contribution is -2.19. The maximum atomic E-state index is 5.93. The second kappa shape index (κ2) is 4.76. The highest BCUT2D eigenvalue weighted by atomic mass is 16.5. The van der Waals surface area contributed by atoms with Gasteiger partial charge in [0.05, 0.1) is 24.6 Å². The summed E-state index contributed by atoms with van der Waals surface area (Å²) in [5, 5.41) is 6.90. The van der Waals surface area contributed by atoms with Gasteiger partial charge in [0, 0.05) is 5.92 Å². The molecule has 0 aromatic heterocycles. The van der Waals surface area contributed by atoms with Crippen molar-refractivity contribution >= 4 is 11.4 Å². The summed E-state index contributed by atoms with van der Waals surface area (Å²) < 4.78 is 5.93. The standard InChI is InChI=1S/C17H16N2O/c1-3-7-13(8-4-1)17-16-14(12-20-17)11-19(18-16)15-9-5-2-6-10-15/h1-10,14,17H,11-12H2/t14-,17-/m0/s1. The Morgan fingerprint density at radius 1 is 0.950 bits per heavy atom. The molecule has 2 aromatic rings. The predicted molar refractivity (Wildman–Crippen MR) is 79.8 cm³/mol. The minimum absolute atomic E-state index is 0.0231. The maximum Gasteiger partial charge on any atom is 0.123 e. The fourth-order valence-corrected chi connectivity index (χ4v) is 2.92. The molecule has 0 aliphatic carbocycles. The summed E-state index contributed by atoms with van der Waals surface area (Å²) in [4.78, 5) is 0. The molecule has 2 atom stereocenters. The van der Waals surface area contributed by atoms with Gasteiger partial charge in [-0.15, -0.1) is 0 Å². The fourth-order valence-electron chi connectivity index (χ4n) is 2.92. The van der Waals surface area contributed by atoms with Gasteiger partial charge in [0.15, 0.2) is 0 Å². The molecule has 2 aliphatic heterocycles. The van der Waals surface area contributed by atoms with Gasteiger partial charge in [-0.2, -0.15) is 5.10 Å². The molecule has 2 aliphatic rings. The predicted octanol–water partition coefficient (Wildman–Crippen LogP) is 3.25. The summed E-state index contributed by atoms with van der Waals surface area (Å²) in [5.74, 6) is 0.417. The van der Waals surface area contributed by atoms with Gasteiger partial charge in [-0.05, 0) is 17.7 Å². The van der Waals surface area contributed by atoms with E-state index in [4.69, 9.17) is 9.84 Å². The van der Waals surface area contributed by atoms with E-state index in [2.05, 4.69) is 53.5 Å². The highest BCUT2D eigenvalue weighted by molar-refractivity contribution is 5.96. The zero-order valence-corrected chi connectivity index (χ0v) is 11.1. The van der Waals surface area contributed by atoms with Gasteiger partial charge in [0.25, 0.3) is 0 Å². The van der Waals surface area contributed by atoms with Crippen LogP contribution in [0.2, 0.25) is 0 Å². The van der Waals surface area contributed by atoms with Crippen LogP contribution in [0.15, 0.2) is 65.8 Å². The van der Waals surface area contributed by atoms with Gasteiger partial charge in [0.1, 0.15) is 6.10 Å². The van der Waals surface area contributed by atoms with Crippen molar-refractivity contribution in [2.75, 3.05) is 18.2 Å². The largest absolute Gasteiger partial charge is 0.367 e. The van der Waals surface area contributed by atoms with Crippen molar-refractivity contribution in [1.29, 1.82) is 0 Å². The molecule has 0 bridgehead atoms. The Labute approximate surface area is 118 Å².